The molecule has 0 aromatic carbocycles. The molecule has 0 aliphatic carbocycles. The second-order valence-electron chi connectivity index (χ2n) is 4.33. The molecule has 1 aliphatic heterocycles. The van der Waals surface area contributed by atoms with Crippen LogP contribution in [0.25, 0.3) is 0 Å². The van der Waals surface area contributed by atoms with E-state index in [0.717, 1.165) is 19.6 Å². The third-order valence-corrected chi connectivity index (χ3v) is 2.96. The van der Waals surface area contributed by atoms with Crippen LogP contribution in [0.2, 0.25) is 0 Å². The first-order valence-electron chi connectivity index (χ1n) is 5.57. The molecule has 1 fully saturated rings. The Balaban J connectivity index is 2.46. The van der Waals surface area contributed by atoms with Crippen molar-refractivity contribution in [3.05, 3.63) is 0 Å². The number of carbonyl (C=O) groups excluding carboxylic acids is 1. The Hall–Kier alpha value is -0.410. The van der Waals surface area contributed by atoms with E-state index in [0.29, 0.717) is 24.8 Å². The van der Waals surface area contributed by atoms with Gasteiger partial charge in [-0.2, -0.15) is 0 Å². The Kier molecular flexibility index (Phi) is 4.55. The van der Waals surface area contributed by atoms with Crippen molar-refractivity contribution in [3.8, 4) is 0 Å². The summed E-state index contributed by atoms with van der Waals surface area (Å²) in [5.74, 6) is 0.362. The highest BCUT2D eigenvalue weighted by molar-refractivity contribution is 5.80. The van der Waals surface area contributed by atoms with Crippen LogP contribution >= 0.6 is 0 Å². The molecule has 0 aromatic rings. The topological polar surface area (TPSA) is 23.6 Å². The lowest BCUT2D eigenvalue weighted by atomic mass is 10.2. The van der Waals surface area contributed by atoms with E-state index in [1.54, 1.807) is 0 Å². The van der Waals surface area contributed by atoms with Crippen molar-refractivity contribution in [2.75, 3.05) is 33.2 Å². The van der Waals surface area contributed by atoms with E-state index < -0.39 is 0 Å². The number of carbonyl (C=O) groups is 1. The van der Waals surface area contributed by atoms with Gasteiger partial charge in [0, 0.05) is 25.6 Å². The molecule has 3 nitrogen and oxygen atoms in total. The molecule has 0 bridgehead atoms. The van der Waals surface area contributed by atoms with Gasteiger partial charge in [0.15, 0.2) is 0 Å². The van der Waals surface area contributed by atoms with E-state index in [4.69, 9.17) is 0 Å². The van der Waals surface area contributed by atoms with E-state index in [2.05, 4.69) is 23.8 Å². The van der Waals surface area contributed by atoms with Gasteiger partial charge in [0.05, 0.1) is 6.54 Å². The van der Waals surface area contributed by atoms with Gasteiger partial charge in [-0.1, -0.05) is 6.92 Å². The molecule has 1 unspecified atom stereocenters. The van der Waals surface area contributed by atoms with Crippen molar-refractivity contribution in [2.24, 2.45) is 0 Å². The largest absolute Gasteiger partial charge is 0.305 e. The van der Waals surface area contributed by atoms with E-state index in [1.807, 2.05) is 6.92 Å². The molecule has 1 saturated heterocycles. The fraction of sp³-hybridized carbons (Fsp3) is 0.909. The average molecular weight is 198 g/mol. The van der Waals surface area contributed by atoms with Crippen LogP contribution < -0.4 is 0 Å². The number of likely N-dealkylation sites (N-methyl/N-ethyl adjacent to an activating group) is 1. The third-order valence-electron chi connectivity index (χ3n) is 2.96. The molecule has 0 spiro atoms. The molecule has 0 aromatic heterocycles. The predicted molar refractivity (Wildman–Crippen MR) is 58.4 cm³/mol. The van der Waals surface area contributed by atoms with Gasteiger partial charge >= 0.3 is 0 Å². The van der Waals surface area contributed by atoms with Gasteiger partial charge in [-0.25, -0.2) is 0 Å². The van der Waals surface area contributed by atoms with Crippen molar-refractivity contribution in [1.82, 2.24) is 9.80 Å². The maximum Gasteiger partial charge on any atom is 0.146 e. The molecule has 0 amide bonds. The highest BCUT2D eigenvalue weighted by Crippen LogP contribution is 2.08. The summed E-state index contributed by atoms with van der Waals surface area (Å²) in [6.07, 6.45) is 1.84. The van der Waals surface area contributed by atoms with Crippen LogP contribution in [0.15, 0.2) is 0 Å². The summed E-state index contributed by atoms with van der Waals surface area (Å²) < 4.78 is 0. The minimum Gasteiger partial charge on any atom is -0.305 e. The summed E-state index contributed by atoms with van der Waals surface area (Å²) in [5, 5.41) is 0. The van der Waals surface area contributed by atoms with Gasteiger partial charge in [0.25, 0.3) is 0 Å². The highest BCUT2D eigenvalue weighted by atomic mass is 16.1. The minimum atomic E-state index is 0.362. The number of rotatable bonds is 3. The second kappa shape index (κ2) is 5.47. The van der Waals surface area contributed by atoms with Gasteiger partial charge in [-0.3, -0.25) is 9.69 Å². The van der Waals surface area contributed by atoms with Crippen LogP contribution in [0, 0.1) is 0 Å². The summed E-state index contributed by atoms with van der Waals surface area (Å²) in [6, 6.07) is 0.512. The molecule has 82 valence electrons. The third kappa shape index (κ3) is 3.39. The number of ketones is 1. The van der Waals surface area contributed by atoms with Gasteiger partial charge in [0.2, 0.25) is 0 Å². The number of hydrogen-bond donors (Lipinski definition) is 0. The average Bonchev–Trinajstić information content (AvgIpc) is 2.29. The molecule has 1 aliphatic rings. The maximum absolute atomic E-state index is 11.4. The van der Waals surface area contributed by atoms with Crippen LogP contribution in [-0.2, 0) is 4.79 Å². The molecule has 0 N–H and O–H groups in total. The first-order chi connectivity index (χ1) is 6.63. The summed E-state index contributed by atoms with van der Waals surface area (Å²) >= 11 is 0. The van der Waals surface area contributed by atoms with E-state index in [1.165, 1.54) is 6.42 Å². The zero-order valence-corrected chi connectivity index (χ0v) is 9.62. The first kappa shape index (κ1) is 11.7. The Labute approximate surface area is 87.1 Å². The Morgan fingerprint density at radius 3 is 2.79 bits per heavy atom. The number of nitrogens with zero attached hydrogens (tertiary/aromatic N) is 2. The zero-order valence-electron chi connectivity index (χ0n) is 9.62. The zero-order chi connectivity index (χ0) is 10.6. The molecular formula is C11H22N2O. The summed E-state index contributed by atoms with van der Waals surface area (Å²) in [6.45, 7) is 8.10. The lowest BCUT2D eigenvalue weighted by molar-refractivity contribution is -0.120. The summed E-state index contributed by atoms with van der Waals surface area (Å²) in [7, 11) is 2.15. The van der Waals surface area contributed by atoms with Crippen LogP contribution in [0.3, 0.4) is 0 Å². The normalized spacial score (nSPS) is 26.1. The van der Waals surface area contributed by atoms with Crippen molar-refractivity contribution < 1.29 is 4.79 Å². The molecule has 0 saturated carbocycles. The van der Waals surface area contributed by atoms with Crippen molar-refractivity contribution in [3.63, 3.8) is 0 Å². The first-order valence-corrected chi connectivity index (χ1v) is 5.57. The van der Waals surface area contributed by atoms with Gasteiger partial charge < -0.3 is 4.90 Å². The fourth-order valence-electron chi connectivity index (χ4n) is 2.00. The quantitative estimate of drug-likeness (QED) is 0.675. The molecule has 0 radical (unpaired) electrons. The SMILES string of the molecule is CCC(=O)CN1CCCN(C)CC1C. The standard InChI is InChI=1S/C11H22N2O/c1-4-11(14)9-13-7-5-6-12(3)8-10(13)2/h10H,4-9H2,1-3H3. The van der Waals surface area contributed by atoms with Crippen LogP contribution in [-0.4, -0.2) is 54.9 Å². The van der Waals surface area contributed by atoms with E-state index in [9.17, 15) is 4.79 Å². The van der Waals surface area contributed by atoms with Crippen molar-refractivity contribution in [2.45, 2.75) is 32.7 Å². The van der Waals surface area contributed by atoms with Crippen LogP contribution in [0.1, 0.15) is 26.7 Å². The van der Waals surface area contributed by atoms with E-state index in [-0.39, 0.29) is 0 Å². The van der Waals surface area contributed by atoms with E-state index >= 15 is 0 Å². The highest BCUT2D eigenvalue weighted by Gasteiger charge is 2.20. The van der Waals surface area contributed by atoms with Crippen molar-refractivity contribution in [1.29, 1.82) is 0 Å². The molecule has 1 rings (SSSR count). The molecule has 3 heteroatoms. The molecule has 1 atom stereocenters. The minimum absolute atomic E-state index is 0.362. The van der Waals surface area contributed by atoms with Crippen LogP contribution in [0.5, 0.6) is 0 Å². The van der Waals surface area contributed by atoms with Gasteiger partial charge in [-0.15, -0.1) is 0 Å². The number of Topliss-reactive ketones (excluding diaryl/α,β-unsaturated/α-hetero) is 1. The fourth-order valence-corrected chi connectivity index (χ4v) is 2.00. The Bertz CT molecular complexity index is 194. The Morgan fingerprint density at radius 1 is 1.43 bits per heavy atom. The van der Waals surface area contributed by atoms with Gasteiger partial charge in [-0.05, 0) is 26.9 Å². The van der Waals surface area contributed by atoms with Crippen LogP contribution in [0.4, 0.5) is 0 Å². The molecule has 1 heterocycles. The maximum atomic E-state index is 11.4. The van der Waals surface area contributed by atoms with Gasteiger partial charge in [0.1, 0.15) is 5.78 Å². The summed E-state index contributed by atoms with van der Waals surface area (Å²) in [4.78, 5) is 16.0. The lowest BCUT2D eigenvalue weighted by Crippen LogP contribution is -2.40. The monoisotopic (exact) mass is 198 g/mol. The molecular weight excluding hydrogens is 176 g/mol. The lowest BCUT2D eigenvalue weighted by Gasteiger charge is -2.26. The smallest absolute Gasteiger partial charge is 0.146 e. The second-order valence-corrected chi connectivity index (χ2v) is 4.33. The molecule has 14 heavy (non-hydrogen) atoms. The number of hydrogen-bond acceptors (Lipinski definition) is 3. The Morgan fingerprint density at radius 2 is 2.14 bits per heavy atom. The predicted octanol–water partition coefficient (Wildman–Crippen LogP) is 0.991. The summed E-state index contributed by atoms with van der Waals surface area (Å²) in [5.41, 5.74) is 0. The van der Waals surface area contributed by atoms with Crippen molar-refractivity contribution >= 4 is 5.78 Å².